The fourth-order valence-corrected chi connectivity index (χ4v) is 1.91. The minimum Gasteiger partial charge on any atom is -0.455 e. The molecule has 2 rings (SSSR count). The van der Waals surface area contributed by atoms with Gasteiger partial charge in [0, 0.05) is 6.07 Å². The van der Waals surface area contributed by atoms with Gasteiger partial charge < -0.3 is 4.74 Å². The number of hydrogen-bond donors (Lipinski definition) is 0. The van der Waals surface area contributed by atoms with Crippen molar-refractivity contribution in [3.05, 3.63) is 57.3 Å². The Morgan fingerprint density at radius 2 is 2.00 bits per heavy atom. The van der Waals surface area contributed by atoms with Crippen LogP contribution in [0.15, 0.2) is 40.9 Å². The second-order valence-corrected chi connectivity index (χ2v) is 4.66. The number of ether oxygens (including phenoxy) is 1. The first kappa shape index (κ1) is 12.9. The van der Waals surface area contributed by atoms with E-state index in [1.165, 1.54) is 18.2 Å². The average Bonchev–Trinajstić information content (AvgIpc) is 2.34. The summed E-state index contributed by atoms with van der Waals surface area (Å²) in [6.45, 7) is 0. The first-order valence-electron chi connectivity index (χ1n) is 4.93. The Labute approximate surface area is 117 Å². The van der Waals surface area contributed by atoms with Crippen LogP contribution in [0, 0.1) is 17.1 Å². The molecule has 0 spiro atoms. The molecule has 2 nitrogen and oxygen atoms in total. The summed E-state index contributed by atoms with van der Waals surface area (Å²) in [6, 6.07) is 10.9. The van der Waals surface area contributed by atoms with Crippen LogP contribution in [0.1, 0.15) is 5.56 Å². The van der Waals surface area contributed by atoms with E-state index in [0.29, 0.717) is 9.50 Å². The summed E-state index contributed by atoms with van der Waals surface area (Å²) in [5.41, 5.74) is 0.218. The molecule has 0 heterocycles. The zero-order valence-corrected chi connectivity index (χ0v) is 11.3. The summed E-state index contributed by atoms with van der Waals surface area (Å²) >= 11 is 9.12. The second-order valence-electron chi connectivity index (χ2n) is 3.40. The average molecular weight is 327 g/mol. The first-order chi connectivity index (χ1) is 8.61. The van der Waals surface area contributed by atoms with Crippen molar-refractivity contribution < 1.29 is 9.13 Å². The van der Waals surface area contributed by atoms with Gasteiger partial charge in [0.05, 0.1) is 9.50 Å². The summed E-state index contributed by atoms with van der Waals surface area (Å²) in [7, 11) is 0. The summed E-state index contributed by atoms with van der Waals surface area (Å²) in [6.07, 6.45) is 0. The van der Waals surface area contributed by atoms with E-state index in [-0.39, 0.29) is 17.1 Å². The molecule has 90 valence electrons. The van der Waals surface area contributed by atoms with Gasteiger partial charge in [-0.25, -0.2) is 4.39 Å². The van der Waals surface area contributed by atoms with Gasteiger partial charge in [-0.05, 0) is 40.2 Å². The molecule has 0 aliphatic rings. The Bertz CT molecular complexity index is 639. The van der Waals surface area contributed by atoms with E-state index in [4.69, 9.17) is 21.6 Å². The Hall–Kier alpha value is -1.57. The van der Waals surface area contributed by atoms with Gasteiger partial charge in [-0.15, -0.1) is 0 Å². The maximum atomic E-state index is 13.1. The third-order valence-electron chi connectivity index (χ3n) is 2.20. The molecular formula is C13H6BrClFNO. The molecule has 0 aliphatic carbocycles. The third kappa shape index (κ3) is 2.63. The first-order valence-corrected chi connectivity index (χ1v) is 6.10. The van der Waals surface area contributed by atoms with Crippen molar-refractivity contribution >= 4 is 27.5 Å². The van der Waals surface area contributed by atoms with Gasteiger partial charge in [0.25, 0.3) is 0 Å². The van der Waals surface area contributed by atoms with Crippen LogP contribution in [-0.4, -0.2) is 0 Å². The molecule has 2 aromatic carbocycles. The van der Waals surface area contributed by atoms with Crippen molar-refractivity contribution in [2.75, 3.05) is 0 Å². The Kier molecular flexibility index (Phi) is 3.85. The Morgan fingerprint density at radius 3 is 2.72 bits per heavy atom. The lowest BCUT2D eigenvalue weighted by Gasteiger charge is -2.09. The quantitative estimate of drug-likeness (QED) is 0.786. The number of nitriles is 1. The molecule has 18 heavy (non-hydrogen) atoms. The van der Waals surface area contributed by atoms with Crippen molar-refractivity contribution in [3.8, 4) is 17.6 Å². The van der Waals surface area contributed by atoms with E-state index in [1.807, 2.05) is 6.07 Å². The lowest BCUT2D eigenvalue weighted by atomic mass is 10.2. The molecule has 0 amide bonds. The lowest BCUT2D eigenvalue weighted by Crippen LogP contribution is -1.90. The predicted molar refractivity (Wildman–Crippen MR) is 70.3 cm³/mol. The van der Waals surface area contributed by atoms with Crippen molar-refractivity contribution in [2.24, 2.45) is 0 Å². The maximum Gasteiger partial charge on any atom is 0.146 e. The van der Waals surface area contributed by atoms with E-state index < -0.39 is 5.82 Å². The normalized spacial score (nSPS) is 9.89. The Morgan fingerprint density at radius 1 is 1.22 bits per heavy atom. The smallest absolute Gasteiger partial charge is 0.146 e. The molecule has 0 fully saturated rings. The van der Waals surface area contributed by atoms with Gasteiger partial charge in [-0.1, -0.05) is 17.7 Å². The number of nitrogens with zero attached hydrogens (tertiary/aromatic N) is 1. The highest BCUT2D eigenvalue weighted by Gasteiger charge is 2.10. The van der Waals surface area contributed by atoms with Gasteiger partial charge in [0.15, 0.2) is 0 Å². The molecule has 0 bridgehead atoms. The summed E-state index contributed by atoms with van der Waals surface area (Å²) < 4.78 is 19.2. The predicted octanol–water partition coefficient (Wildman–Crippen LogP) is 4.91. The van der Waals surface area contributed by atoms with E-state index in [0.717, 1.165) is 0 Å². The van der Waals surface area contributed by atoms with E-state index in [2.05, 4.69) is 15.9 Å². The minimum atomic E-state index is -0.422. The topological polar surface area (TPSA) is 33.0 Å². The molecule has 0 aromatic heterocycles. The Balaban J connectivity index is 2.44. The molecule has 5 heteroatoms. The minimum absolute atomic E-state index is 0.218. The zero-order chi connectivity index (χ0) is 13.1. The molecule has 0 unspecified atom stereocenters. The number of halogens is 3. The molecule has 2 aromatic rings. The van der Waals surface area contributed by atoms with Crippen molar-refractivity contribution in [1.29, 1.82) is 5.26 Å². The van der Waals surface area contributed by atoms with Crippen LogP contribution in [-0.2, 0) is 0 Å². The summed E-state index contributed by atoms with van der Waals surface area (Å²) in [5, 5.41) is 9.29. The van der Waals surface area contributed by atoms with Gasteiger partial charge in [0.1, 0.15) is 28.9 Å². The van der Waals surface area contributed by atoms with Crippen LogP contribution >= 0.6 is 27.5 Å². The molecule has 0 saturated heterocycles. The highest BCUT2D eigenvalue weighted by atomic mass is 79.9. The van der Waals surface area contributed by atoms with E-state index >= 15 is 0 Å². The van der Waals surface area contributed by atoms with Crippen LogP contribution in [0.3, 0.4) is 0 Å². The van der Waals surface area contributed by atoms with Crippen LogP contribution in [0.4, 0.5) is 4.39 Å². The van der Waals surface area contributed by atoms with Gasteiger partial charge in [0.2, 0.25) is 0 Å². The zero-order valence-electron chi connectivity index (χ0n) is 8.95. The SMILES string of the molecule is N#Cc1c(Cl)cccc1Oc1cc(F)ccc1Br. The third-order valence-corrected chi connectivity index (χ3v) is 3.17. The monoisotopic (exact) mass is 325 g/mol. The van der Waals surface area contributed by atoms with E-state index in [1.54, 1.807) is 18.2 Å². The molecule has 0 atom stereocenters. The van der Waals surface area contributed by atoms with Crippen LogP contribution in [0.25, 0.3) is 0 Å². The van der Waals surface area contributed by atoms with Crippen LogP contribution < -0.4 is 4.74 Å². The van der Waals surface area contributed by atoms with Gasteiger partial charge in [-0.2, -0.15) is 5.26 Å². The van der Waals surface area contributed by atoms with Crippen molar-refractivity contribution in [1.82, 2.24) is 0 Å². The van der Waals surface area contributed by atoms with Crippen LogP contribution in [0.5, 0.6) is 11.5 Å². The summed E-state index contributed by atoms with van der Waals surface area (Å²) in [4.78, 5) is 0. The molecule has 0 aliphatic heterocycles. The maximum absolute atomic E-state index is 13.1. The molecule has 0 radical (unpaired) electrons. The summed E-state index contributed by atoms with van der Waals surface area (Å²) in [5.74, 6) is 0.152. The largest absolute Gasteiger partial charge is 0.455 e. The van der Waals surface area contributed by atoms with Crippen LogP contribution in [0.2, 0.25) is 5.02 Å². The van der Waals surface area contributed by atoms with Gasteiger partial charge in [-0.3, -0.25) is 0 Å². The fraction of sp³-hybridized carbons (Fsp3) is 0. The number of rotatable bonds is 2. The highest BCUT2D eigenvalue weighted by molar-refractivity contribution is 9.10. The molecule has 0 saturated carbocycles. The standard InChI is InChI=1S/C13H6BrClFNO/c14-10-5-4-8(16)6-13(10)18-12-3-1-2-11(15)9(12)7-17/h1-6H. The second kappa shape index (κ2) is 5.38. The molecular weight excluding hydrogens is 321 g/mol. The lowest BCUT2D eigenvalue weighted by molar-refractivity contribution is 0.472. The number of benzene rings is 2. The van der Waals surface area contributed by atoms with Crippen molar-refractivity contribution in [3.63, 3.8) is 0 Å². The fourth-order valence-electron chi connectivity index (χ4n) is 1.37. The van der Waals surface area contributed by atoms with E-state index in [9.17, 15) is 4.39 Å². The van der Waals surface area contributed by atoms with Gasteiger partial charge >= 0.3 is 0 Å². The van der Waals surface area contributed by atoms with Crippen molar-refractivity contribution in [2.45, 2.75) is 0 Å². The number of hydrogen-bond acceptors (Lipinski definition) is 2. The highest BCUT2D eigenvalue weighted by Crippen LogP contribution is 2.34. The molecule has 0 N–H and O–H groups in total.